The lowest BCUT2D eigenvalue weighted by Gasteiger charge is -2.08. The Kier molecular flexibility index (Phi) is 6.22. The van der Waals surface area contributed by atoms with Crippen LogP contribution in [0.1, 0.15) is 32.0 Å². The normalized spacial score (nSPS) is 10.5. The predicted molar refractivity (Wildman–Crippen MR) is 122 cm³/mol. The topological polar surface area (TPSA) is 115 Å². The maximum Gasteiger partial charge on any atom is 0.255 e. The molecule has 4 rings (SSSR count). The highest BCUT2D eigenvalue weighted by Crippen LogP contribution is 2.18. The third kappa shape index (κ3) is 5.17. The Hall–Kier alpha value is -4.46. The van der Waals surface area contributed by atoms with Crippen molar-refractivity contribution < 1.29 is 9.59 Å². The van der Waals surface area contributed by atoms with Gasteiger partial charge in [-0.1, -0.05) is 30.3 Å². The van der Waals surface area contributed by atoms with Crippen molar-refractivity contribution in [1.82, 2.24) is 20.1 Å². The number of nitrogens with zero attached hydrogens (tertiary/aromatic N) is 3. The van der Waals surface area contributed by atoms with Gasteiger partial charge in [-0.25, -0.2) is 0 Å². The smallest absolute Gasteiger partial charge is 0.255 e. The summed E-state index contributed by atoms with van der Waals surface area (Å²) in [5.41, 5.74) is 9.68. The minimum Gasteiger partial charge on any atom is -0.397 e. The van der Waals surface area contributed by atoms with Crippen LogP contribution in [0.25, 0.3) is 0 Å². The van der Waals surface area contributed by atoms with Crippen LogP contribution < -0.4 is 16.4 Å². The Labute approximate surface area is 185 Å². The van der Waals surface area contributed by atoms with Crippen LogP contribution in [0, 0.1) is 0 Å². The van der Waals surface area contributed by atoms with Crippen LogP contribution in [0.5, 0.6) is 0 Å². The van der Waals surface area contributed by atoms with E-state index in [-0.39, 0.29) is 11.8 Å². The standard InChI is InChI=1S/C24H22N6O2/c25-21-6-1-2-7-22(21)29-24(32)18-10-8-17(9-11-18)15-30-16-19(13-28-30)23(31)27-14-20-5-3-4-12-26-20/h1-13,16H,14-15,25H2,(H,27,31)(H,29,32). The fourth-order valence-electron chi connectivity index (χ4n) is 3.10. The molecule has 0 unspecified atom stereocenters. The molecule has 0 bridgehead atoms. The monoisotopic (exact) mass is 426 g/mol. The average molecular weight is 426 g/mol. The molecule has 160 valence electrons. The van der Waals surface area contributed by atoms with Crippen LogP contribution in [-0.2, 0) is 13.1 Å². The van der Waals surface area contributed by atoms with Crippen molar-refractivity contribution in [3.63, 3.8) is 0 Å². The summed E-state index contributed by atoms with van der Waals surface area (Å²) in [6.07, 6.45) is 4.90. The van der Waals surface area contributed by atoms with E-state index >= 15 is 0 Å². The Morgan fingerprint density at radius 1 is 0.906 bits per heavy atom. The van der Waals surface area contributed by atoms with Gasteiger partial charge in [-0.15, -0.1) is 0 Å². The maximum absolute atomic E-state index is 12.4. The number of nitrogen functional groups attached to an aromatic ring is 1. The summed E-state index contributed by atoms with van der Waals surface area (Å²) < 4.78 is 1.68. The second kappa shape index (κ2) is 9.57. The minimum atomic E-state index is -0.236. The molecule has 0 saturated heterocycles. The third-order valence-corrected chi connectivity index (χ3v) is 4.82. The molecule has 0 fully saturated rings. The molecule has 0 aliphatic heterocycles. The molecule has 8 heteroatoms. The quantitative estimate of drug-likeness (QED) is 0.393. The van der Waals surface area contributed by atoms with Crippen LogP contribution in [0.2, 0.25) is 0 Å². The van der Waals surface area contributed by atoms with Crippen molar-refractivity contribution in [3.8, 4) is 0 Å². The van der Waals surface area contributed by atoms with Crippen LogP contribution in [-0.4, -0.2) is 26.6 Å². The van der Waals surface area contributed by atoms with Crippen molar-refractivity contribution in [3.05, 3.63) is 108 Å². The zero-order valence-electron chi connectivity index (χ0n) is 17.2. The lowest BCUT2D eigenvalue weighted by atomic mass is 10.1. The number of amides is 2. The van der Waals surface area contributed by atoms with Crippen LogP contribution in [0.3, 0.4) is 0 Å². The number of para-hydroxylation sites is 2. The second-order valence-corrected chi connectivity index (χ2v) is 7.17. The Morgan fingerprint density at radius 2 is 1.69 bits per heavy atom. The van der Waals surface area contributed by atoms with Gasteiger partial charge >= 0.3 is 0 Å². The van der Waals surface area contributed by atoms with Crippen LogP contribution in [0.4, 0.5) is 11.4 Å². The summed E-state index contributed by atoms with van der Waals surface area (Å²) in [6, 6.07) is 19.9. The van der Waals surface area contributed by atoms with E-state index in [2.05, 4.69) is 20.7 Å². The Morgan fingerprint density at radius 3 is 2.44 bits per heavy atom. The molecule has 2 amide bonds. The molecule has 32 heavy (non-hydrogen) atoms. The molecule has 0 aliphatic carbocycles. The molecule has 8 nitrogen and oxygen atoms in total. The fraction of sp³-hybridized carbons (Fsp3) is 0.0833. The van der Waals surface area contributed by atoms with E-state index in [1.165, 1.54) is 6.20 Å². The van der Waals surface area contributed by atoms with Gasteiger partial charge < -0.3 is 16.4 Å². The number of rotatable bonds is 7. The van der Waals surface area contributed by atoms with Crippen LogP contribution in [0.15, 0.2) is 85.3 Å². The summed E-state index contributed by atoms with van der Waals surface area (Å²) in [5.74, 6) is -0.450. The first-order chi connectivity index (χ1) is 15.6. The van der Waals surface area contributed by atoms with Gasteiger partial charge in [0.2, 0.25) is 0 Å². The van der Waals surface area contributed by atoms with Crippen molar-refractivity contribution in [2.45, 2.75) is 13.1 Å². The molecule has 0 aliphatic rings. The molecule has 2 aromatic carbocycles. The van der Waals surface area contributed by atoms with Crippen LogP contribution >= 0.6 is 0 Å². The van der Waals surface area contributed by atoms with Gasteiger partial charge in [-0.2, -0.15) is 5.10 Å². The van der Waals surface area contributed by atoms with Gasteiger partial charge in [-0.05, 0) is 42.0 Å². The minimum absolute atomic E-state index is 0.214. The molecular formula is C24H22N6O2. The second-order valence-electron chi connectivity index (χ2n) is 7.17. The number of hydrogen-bond donors (Lipinski definition) is 3. The molecule has 2 aromatic heterocycles. The van der Waals surface area contributed by atoms with Crippen molar-refractivity contribution >= 4 is 23.2 Å². The molecule has 4 N–H and O–H groups in total. The largest absolute Gasteiger partial charge is 0.397 e. The maximum atomic E-state index is 12.4. The van der Waals surface area contributed by atoms with Gasteiger partial charge in [0.25, 0.3) is 11.8 Å². The third-order valence-electron chi connectivity index (χ3n) is 4.82. The Bertz CT molecular complexity index is 1220. The van der Waals surface area contributed by atoms with E-state index < -0.39 is 0 Å². The first kappa shape index (κ1) is 20.8. The van der Waals surface area contributed by atoms with E-state index in [9.17, 15) is 9.59 Å². The highest BCUT2D eigenvalue weighted by Gasteiger charge is 2.10. The number of anilines is 2. The van der Waals surface area contributed by atoms with E-state index in [4.69, 9.17) is 5.73 Å². The van der Waals surface area contributed by atoms with E-state index in [0.717, 1.165) is 11.3 Å². The summed E-state index contributed by atoms with van der Waals surface area (Å²) in [6.45, 7) is 0.823. The van der Waals surface area contributed by atoms with Gasteiger partial charge in [-0.3, -0.25) is 19.3 Å². The summed E-state index contributed by atoms with van der Waals surface area (Å²) in [4.78, 5) is 29.0. The molecule has 0 saturated carbocycles. The molecular weight excluding hydrogens is 404 g/mol. The van der Waals surface area contributed by atoms with Crippen molar-refractivity contribution in [2.24, 2.45) is 0 Å². The summed E-state index contributed by atoms with van der Waals surface area (Å²) in [7, 11) is 0. The van der Waals surface area contributed by atoms with Crippen molar-refractivity contribution in [1.29, 1.82) is 0 Å². The first-order valence-corrected chi connectivity index (χ1v) is 10.0. The SMILES string of the molecule is Nc1ccccc1NC(=O)c1ccc(Cn2cc(C(=O)NCc3ccccn3)cn2)cc1. The zero-order valence-corrected chi connectivity index (χ0v) is 17.2. The molecule has 4 aromatic rings. The summed E-state index contributed by atoms with van der Waals surface area (Å²) >= 11 is 0. The molecule has 2 heterocycles. The van der Waals surface area contributed by atoms with E-state index in [1.54, 1.807) is 41.3 Å². The lowest BCUT2D eigenvalue weighted by Crippen LogP contribution is -2.22. The fourth-order valence-corrected chi connectivity index (χ4v) is 3.10. The first-order valence-electron chi connectivity index (χ1n) is 10.0. The number of carbonyl (C=O) groups excluding carboxylic acids is 2. The number of benzene rings is 2. The van der Waals surface area contributed by atoms with Gasteiger partial charge in [0, 0.05) is 18.0 Å². The molecule has 0 atom stereocenters. The van der Waals surface area contributed by atoms with Crippen molar-refractivity contribution in [2.75, 3.05) is 11.1 Å². The number of aromatic nitrogens is 3. The Balaban J connectivity index is 1.34. The van der Waals surface area contributed by atoms with E-state index in [1.807, 2.05) is 42.5 Å². The predicted octanol–water partition coefficient (Wildman–Crippen LogP) is 3.09. The lowest BCUT2D eigenvalue weighted by molar-refractivity contribution is 0.0949. The highest BCUT2D eigenvalue weighted by atomic mass is 16.2. The zero-order chi connectivity index (χ0) is 22.3. The average Bonchev–Trinajstić information content (AvgIpc) is 3.29. The number of nitrogens with one attached hydrogen (secondary N) is 2. The number of nitrogens with two attached hydrogens (primary N) is 1. The van der Waals surface area contributed by atoms with E-state index in [0.29, 0.717) is 35.6 Å². The highest BCUT2D eigenvalue weighted by molar-refractivity contribution is 6.05. The summed E-state index contributed by atoms with van der Waals surface area (Å²) in [5, 5.41) is 9.89. The van der Waals surface area contributed by atoms with Gasteiger partial charge in [0.1, 0.15) is 0 Å². The molecule has 0 spiro atoms. The molecule has 0 radical (unpaired) electrons. The van der Waals surface area contributed by atoms with Gasteiger partial charge in [0.05, 0.1) is 41.9 Å². The number of pyridine rings is 1. The number of carbonyl (C=O) groups is 2. The van der Waals surface area contributed by atoms with Gasteiger partial charge in [0.15, 0.2) is 0 Å². The number of hydrogen-bond acceptors (Lipinski definition) is 5.